The molecule has 0 saturated heterocycles. The molecule has 0 aliphatic heterocycles. The summed E-state index contributed by atoms with van der Waals surface area (Å²) in [4.78, 5) is 12.0. The fourth-order valence-electron chi connectivity index (χ4n) is 2.37. The number of rotatable bonds is 6. The van der Waals surface area contributed by atoms with Crippen LogP contribution in [0.2, 0.25) is 0 Å². The zero-order chi connectivity index (χ0) is 20.0. The number of carbonyl (C=O) groups is 1. The van der Waals surface area contributed by atoms with Crippen LogP contribution >= 0.6 is 0 Å². The van der Waals surface area contributed by atoms with Crippen LogP contribution in [0.4, 0.5) is 15.8 Å². The van der Waals surface area contributed by atoms with E-state index in [9.17, 15) is 17.6 Å². The van der Waals surface area contributed by atoms with E-state index in [2.05, 4.69) is 10.0 Å². The average Bonchev–Trinajstić information content (AvgIpc) is 2.69. The standard InChI is InChI=1S/C21H17FN2O3S/c22-17-7-9-19(10-8-17)24-28(26,27)20-13-11-18(12-14-20)23-21(25)15-6-16-4-2-1-3-5-16/h1-15,24H,(H,23,25). The van der Waals surface area contributed by atoms with Gasteiger partial charge in [-0.05, 0) is 60.2 Å². The van der Waals surface area contributed by atoms with E-state index in [1.807, 2.05) is 30.3 Å². The maximum Gasteiger partial charge on any atom is 0.261 e. The van der Waals surface area contributed by atoms with Gasteiger partial charge in [-0.3, -0.25) is 9.52 Å². The van der Waals surface area contributed by atoms with Crippen LogP contribution in [-0.2, 0) is 14.8 Å². The average molecular weight is 396 g/mol. The van der Waals surface area contributed by atoms with Crippen molar-refractivity contribution in [1.29, 1.82) is 0 Å². The summed E-state index contributed by atoms with van der Waals surface area (Å²) in [5, 5.41) is 2.66. The van der Waals surface area contributed by atoms with Crippen molar-refractivity contribution in [3.05, 3.63) is 96.3 Å². The van der Waals surface area contributed by atoms with Gasteiger partial charge in [0.25, 0.3) is 10.0 Å². The Balaban J connectivity index is 1.64. The minimum atomic E-state index is -3.82. The summed E-state index contributed by atoms with van der Waals surface area (Å²) in [5.74, 6) is -0.784. The van der Waals surface area contributed by atoms with Crippen LogP contribution < -0.4 is 10.0 Å². The number of hydrogen-bond acceptors (Lipinski definition) is 3. The third kappa shape index (κ3) is 5.28. The van der Waals surface area contributed by atoms with Gasteiger partial charge in [0.05, 0.1) is 4.90 Å². The molecular weight excluding hydrogens is 379 g/mol. The van der Waals surface area contributed by atoms with Crippen LogP contribution in [0.3, 0.4) is 0 Å². The highest BCUT2D eigenvalue weighted by Gasteiger charge is 2.14. The molecule has 0 saturated carbocycles. The van der Waals surface area contributed by atoms with Crippen molar-refractivity contribution in [1.82, 2.24) is 0 Å². The van der Waals surface area contributed by atoms with Crippen molar-refractivity contribution in [3.8, 4) is 0 Å². The van der Waals surface area contributed by atoms with Gasteiger partial charge in [0.2, 0.25) is 5.91 Å². The molecule has 142 valence electrons. The zero-order valence-electron chi connectivity index (χ0n) is 14.7. The van der Waals surface area contributed by atoms with E-state index in [0.29, 0.717) is 5.69 Å². The van der Waals surface area contributed by atoms with Crippen molar-refractivity contribution in [2.45, 2.75) is 4.90 Å². The van der Waals surface area contributed by atoms with Crippen LogP contribution in [0.25, 0.3) is 6.08 Å². The molecule has 7 heteroatoms. The first-order valence-corrected chi connectivity index (χ1v) is 9.83. The topological polar surface area (TPSA) is 75.3 Å². The third-order valence-electron chi connectivity index (χ3n) is 3.76. The molecule has 3 aromatic rings. The minimum Gasteiger partial charge on any atom is -0.323 e. The Morgan fingerprint density at radius 1 is 0.821 bits per heavy atom. The Labute approximate surface area is 162 Å². The first kappa shape index (κ1) is 19.3. The van der Waals surface area contributed by atoms with Crippen molar-refractivity contribution in [2.24, 2.45) is 0 Å². The Morgan fingerprint density at radius 3 is 2.07 bits per heavy atom. The largest absolute Gasteiger partial charge is 0.323 e. The molecule has 0 radical (unpaired) electrons. The summed E-state index contributed by atoms with van der Waals surface area (Å²) in [6.07, 6.45) is 3.08. The maximum absolute atomic E-state index is 12.9. The van der Waals surface area contributed by atoms with Crippen molar-refractivity contribution in [3.63, 3.8) is 0 Å². The van der Waals surface area contributed by atoms with Gasteiger partial charge in [0.1, 0.15) is 5.82 Å². The molecule has 28 heavy (non-hydrogen) atoms. The SMILES string of the molecule is O=C(C=Cc1ccccc1)Nc1ccc(S(=O)(=O)Nc2ccc(F)cc2)cc1. The quantitative estimate of drug-likeness (QED) is 0.611. The lowest BCUT2D eigenvalue weighted by atomic mass is 10.2. The fraction of sp³-hybridized carbons (Fsp3) is 0. The lowest BCUT2D eigenvalue weighted by Crippen LogP contribution is -2.13. The molecule has 2 N–H and O–H groups in total. The van der Waals surface area contributed by atoms with E-state index in [1.54, 1.807) is 6.08 Å². The molecule has 1 amide bonds. The van der Waals surface area contributed by atoms with E-state index in [0.717, 1.165) is 5.56 Å². The molecule has 0 bridgehead atoms. The highest BCUT2D eigenvalue weighted by molar-refractivity contribution is 7.92. The highest BCUT2D eigenvalue weighted by atomic mass is 32.2. The van der Waals surface area contributed by atoms with Gasteiger partial charge in [-0.15, -0.1) is 0 Å². The van der Waals surface area contributed by atoms with Crippen molar-refractivity contribution in [2.75, 3.05) is 10.0 Å². The molecule has 0 aliphatic carbocycles. The lowest BCUT2D eigenvalue weighted by molar-refractivity contribution is -0.111. The molecule has 3 rings (SSSR count). The number of amides is 1. The Kier molecular flexibility index (Phi) is 5.86. The van der Waals surface area contributed by atoms with Crippen LogP contribution in [0.5, 0.6) is 0 Å². The first-order valence-electron chi connectivity index (χ1n) is 8.35. The molecule has 3 aromatic carbocycles. The number of halogens is 1. The number of carbonyl (C=O) groups excluding carboxylic acids is 1. The summed E-state index contributed by atoms with van der Waals surface area (Å²) in [6.45, 7) is 0. The number of nitrogens with one attached hydrogen (secondary N) is 2. The van der Waals surface area contributed by atoms with E-state index < -0.39 is 15.8 Å². The highest BCUT2D eigenvalue weighted by Crippen LogP contribution is 2.18. The molecular formula is C21H17FN2O3S. The zero-order valence-corrected chi connectivity index (χ0v) is 15.5. The second-order valence-electron chi connectivity index (χ2n) is 5.87. The lowest BCUT2D eigenvalue weighted by Gasteiger charge is -2.09. The first-order chi connectivity index (χ1) is 13.4. The second kappa shape index (κ2) is 8.49. The van der Waals surface area contributed by atoms with Crippen molar-refractivity contribution >= 4 is 33.4 Å². The number of benzene rings is 3. The number of sulfonamides is 1. The molecule has 0 atom stereocenters. The van der Waals surface area contributed by atoms with Gasteiger partial charge >= 0.3 is 0 Å². The van der Waals surface area contributed by atoms with Crippen LogP contribution in [0.15, 0.2) is 89.8 Å². The second-order valence-corrected chi connectivity index (χ2v) is 7.55. The van der Waals surface area contributed by atoms with Crippen LogP contribution in [0.1, 0.15) is 5.56 Å². The number of anilines is 2. The molecule has 0 aliphatic rings. The Hall–Kier alpha value is -3.45. The molecule has 0 unspecified atom stereocenters. The Morgan fingerprint density at radius 2 is 1.43 bits per heavy atom. The summed E-state index contributed by atoms with van der Waals surface area (Å²) in [5.41, 5.74) is 1.61. The molecule has 0 spiro atoms. The fourth-order valence-corrected chi connectivity index (χ4v) is 3.43. The Bertz CT molecular complexity index is 1080. The molecule has 0 heterocycles. The van der Waals surface area contributed by atoms with Gasteiger partial charge in [0, 0.05) is 17.5 Å². The molecule has 5 nitrogen and oxygen atoms in total. The summed E-state index contributed by atoms with van der Waals surface area (Å²) in [6, 6.07) is 20.1. The van der Waals surface area contributed by atoms with Crippen LogP contribution in [0, 0.1) is 5.82 Å². The minimum absolute atomic E-state index is 0.0228. The van der Waals surface area contributed by atoms with E-state index >= 15 is 0 Å². The third-order valence-corrected chi connectivity index (χ3v) is 5.15. The van der Waals surface area contributed by atoms with Gasteiger partial charge < -0.3 is 5.32 Å². The van der Waals surface area contributed by atoms with E-state index in [1.165, 1.54) is 54.6 Å². The van der Waals surface area contributed by atoms with E-state index in [-0.39, 0.29) is 16.5 Å². The smallest absolute Gasteiger partial charge is 0.261 e. The van der Waals surface area contributed by atoms with Crippen LogP contribution in [-0.4, -0.2) is 14.3 Å². The normalized spacial score (nSPS) is 11.3. The van der Waals surface area contributed by atoms with Gasteiger partial charge in [-0.25, -0.2) is 12.8 Å². The summed E-state index contributed by atoms with van der Waals surface area (Å²) >= 11 is 0. The van der Waals surface area contributed by atoms with Gasteiger partial charge in [-0.1, -0.05) is 30.3 Å². The van der Waals surface area contributed by atoms with Crippen molar-refractivity contribution < 1.29 is 17.6 Å². The van der Waals surface area contributed by atoms with Gasteiger partial charge in [0.15, 0.2) is 0 Å². The maximum atomic E-state index is 12.9. The molecule has 0 aromatic heterocycles. The summed E-state index contributed by atoms with van der Waals surface area (Å²) < 4.78 is 40.0. The molecule has 0 fully saturated rings. The van der Waals surface area contributed by atoms with E-state index in [4.69, 9.17) is 0 Å². The van der Waals surface area contributed by atoms with Gasteiger partial charge in [-0.2, -0.15) is 0 Å². The predicted octanol–water partition coefficient (Wildman–Crippen LogP) is 4.28. The predicted molar refractivity (Wildman–Crippen MR) is 108 cm³/mol. The summed E-state index contributed by atoms with van der Waals surface area (Å²) in [7, 11) is -3.82. The monoisotopic (exact) mass is 396 g/mol. The number of hydrogen-bond donors (Lipinski definition) is 2.